The van der Waals surface area contributed by atoms with Crippen LogP contribution in [0, 0.1) is 17.1 Å². The molecule has 2 amide bonds. The van der Waals surface area contributed by atoms with E-state index in [1.165, 1.54) is 24.3 Å². The number of nitriles is 1. The molecular weight excluding hydrogens is 530 g/mol. The van der Waals surface area contributed by atoms with Gasteiger partial charge in [-0.05, 0) is 36.8 Å². The van der Waals surface area contributed by atoms with Crippen molar-refractivity contribution in [3.05, 3.63) is 69.7 Å². The van der Waals surface area contributed by atoms with Gasteiger partial charge in [0.15, 0.2) is 11.5 Å². The Kier molecular flexibility index (Phi) is 9.15. The quantitative estimate of drug-likeness (QED) is 0.271. The average Bonchev–Trinajstić information content (AvgIpc) is 2.85. The largest absolute Gasteiger partial charge is 0.504 e. The van der Waals surface area contributed by atoms with Crippen LogP contribution in [-0.2, 0) is 16.0 Å². The normalized spacial score (nSPS) is 10.8. The van der Waals surface area contributed by atoms with Crippen molar-refractivity contribution < 1.29 is 28.6 Å². The zero-order valence-corrected chi connectivity index (χ0v) is 20.5. The highest BCUT2D eigenvalue weighted by Crippen LogP contribution is 2.38. The number of rotatable bonds is 8. The molecule has 0 bridgehead atoms. The zero-order chi connectivity index (χ0) is 26.9. The van der Waals surface area contributed by atoms with Gasteiger partial charge in [-0.25, -0.2) is 9.18 Å². The standard InChI is InChI=1S/C23H17Cl2FN6O5/c1-2-36-23(35)30-21(34)18(10-27)32-31-14-8-15(24)20(16(25)9-14)37-22-28-11-19(33)17(29-22)7-12-3-5-13(26)6-4-12/h3-6,8-9,11,31,33H,2,7H2,1H3,(H,30,34,35)/b32-18+. The number of amides is 2. The molecule has 11 nitrogen and oxygen atoms in total. The number of carbonyl (C=O) groups is 2. The van der Waals surface area contributed by atoms with Gasteiger partial charge in [-0.3, -0.25) is 15.5 Å². The number of hydrogen-bond donors (Lipinski definition) is 3. The first kappa shape index (κ1) is 27.1. The molecule has 0 aliphatic heterocycles. The lowest BCUT2D eigenvalue weighted by molar-refractivity contribution is -0.114. The molecule has 0 radical (unpaired) electrons. The van der Waals surface area contributed by atoms with Crippen LogP contribution in [0.5, 0.6) is 17.5 Å². The highest BCUT2D eigenvalue weighted by atomic mass is 35.5. The first-order chi connectivity index (χ1) is 17.7. The van der Waals surface area contributed by atoms with Gasteiger partial charge in [-0.2, -0.15) is 20.3 Å². The molecule has 1 heterocycles. The summed E-state index contributed by atoms with van der Waals surface area (Å²) in [4.78, 5) is 31.3. The van der Waals surface area contributed by atoms with Gasteiger partial charge in [-0.15, -0.1) is 0 Å². The molecule has 3 rings (SSSR count). The lowest BCUT2D eigenvalue weighted by Crippen LogP contribution is -2.36. The second-order valence-electron chi connectivity index (χ2n) is 7.02. The molecule has 37 heavy (non-hydrogen) atoms. The molecule has 0 saturated heterocycles. The third kappa shape index (κ3) is 7.50. The van der Waals surface area contributed by atoms with Crippen molar-refractivity contribution in [1.29, 1.82) is 5.26 Å². The fourth-order valence-electron chi connectivity index (χ4n) is 2.75. The van der Waals surface area contributed by atoms with Gasteiger partial charge in [0.25, 0.3) is 5.91 Å². The maximum Gasteiger partial charge on any atom is 0.414 e. The van der Waals surface area contributed by atoms with Crippen LogP contribution in [0.4, 0.5) is 14.9 Å². The van der Waals surface area contributed by atoms with Gasteiger partial charge in [-0.1, -0.05) is 35.3 Å². The van der Waals surface area contributed by atoms with Crippen LogP contribution in [0.1, 0.15) is 18.2 Å². The minimum Gasteiger partial charge on any atom is -0.504 e. The van der Waals surface area contributed by atoms with Crippen molar-refractivity contribution in [2.24, 2.45) is 5.10 Å². The molecule has 3 aromatic rings. The summed E-state index contributed by atoms with van der Waals surface area (Å²) in [5.41, 5.74) is 2.88. The maximum atomic E-state index is 13.1. The number of nitrogens with zero attached hydrogens (tertiary/aromatic N) is 4. The van der Waals surface area contributed by atoms with Crippen molar-refractivity contribution in [2.75, 3.05) is 12.0 Å². The third-order valence-corrected chi connectivity index (χ3v) is 4.97. The topological polar surface area (TPSA) is 159 Å². The van der Waals surface area contributed by atoms with Crippen LogP contribution < -0.4 is 15.5 Å². The van der Waals surface area contributed by atoms with E-state index in [1.54, 1.807) is 25.1 Å². The minimum absolute atomic E-state index is 0.00329. The summed E-state index contributed by atoms with van der Waals surface area (Å²) in [6.07, 6.45) is 0.289. The molecule has 0 fully saturated rings. The number of aromatic hydroxyl groups is 1. The van der Waals surface area contributed by atoms with Crippen LogP contribution in [0.25, 0.3) is 0 Å². The number of aromatic nitrogens is 2. The molecule has 0 unspecified atom stereocenters. The predicted molar refractivity (Wildman–Crippen MR) is 131 cm³/mol. The number of hydrazone groups is 1. The molecule has 190 valence electrons. The van der Waals surface area contributed by atoms with Gasteiger partial charge < -0.3 is 14.6 Å². The Labute approximate surface area is 219 Å². The highest BCUT2D eigenvalue weighted by Gasteiger charge is 2.17. The van der Waals surface area contributed by atoms with Gasteiger partial charge in [0.05, 0.1) is 34.2 Å². The Morgan fingerprint density at radius 3 is 2.51 bits per heavy atom. The van der Waals surface area contributed by atoms with E-state index >= 15 is 0 Å². The van der Waals surface area contributed by atoms with E-state index in [9.17, 15) is 19.1 Å². The summed E-state index contributed by atoms with van der Waals surface area (Å²) >= 11 is 12.5. The molecule has 0 saturated carbocycles. The van der Waals surface area contributed by atoms with Crippen LogP contribution in [0.3, 0.4) is 0 Å². The number of carbonyl (C=O) groups excluding carboxylic acids is 2. The number of imide groups is 1. The van der Waals surface area contributed by atoms with Crippen molar-refractivity contribution >= 4 is 46.6 Å². The summed E-state index contributed by atoms with van der Waals surface area (Å²) in [7, 11) is 0. The van der Waals surface area contributed by atoms with Crippen molar-refractivity contribution in [1.82, 2.24) is 15.3 Å². The Morgan fingerprint density at radius 2 is 1.89 bits per heavy atom. The number of alkyl carbamates (subject to hydrolysis) is 1. The summed E-state index contributed by atoms with van der Waals surface area (Å²) in [6, 6.07) is 9.74. The summed E-state index contributed by atoms with van der Waals surface area (Å²) in [6.45, 7) is 1.58. The highest BCUT2D eigenvalue weighted by molar-refractivity contribution is 6.47. The van der Waals surface area contributed by atoms with Gasteiger partial charge in [0, 0.05) is 6.42 Å². The second kappa shape index (κ2) is 12.5. The van der Waals surface area contributed by atoms with Crippen molar-refractivity contribution in [2.45, 2.75) is 13.3 Å². The van der Waals surface area contributed by atoms with E-state index in [2.05, 4.69) is 25.2 Å². The van der Waals surface area contributed by atoms with Gasteiger partial charge in [0.2, 0.25) is 5.71 Å². The van der Waals surface area contributed by atoms with Crippen LogP contribution in [0.2, 0.25) is 10.0 Å². The number of halogens is 3. The van der Waals surface area contributed by atoms with Crippen LogP contribution in [-0.4, -0.2) is 39.4 Å². The lowest BCUT2D eigenvalue weighted by atomic mass is 10.1. The van der Waals surface area contributed by atoms with Crippen molar-refractivity contribution in [3.8, 4) is 23.6 Å². The van der Waals surface area contributed by atoms with E-state index in [-0.39, 0.29) is 52.0 Å². The second-order valence-corrected chi connectivity index (χ2v) is 7.83. The molecule has 0 aliphatic rings. The number of nitrogens with one attached hydrogen (secondary N) is 2. The summed E-state index contributed by atoms with van der Waals surface area (Å²) in [5, 5.41) is 24.7. The summed E-state index contributed by atoms with van der Waals surface area (Å²) < 4.78 is 23.3. The zero-order valence-electron chi connectivity index (χ0n) is 19.0. The van der Waals surface area contributed by atoms with E-state index in [0.29, 0.717) is 5.56 Å². The Balaban J connectivity index is 1.75. The number of hydrogen-bond acceptors (Lipinski definition) is 10. The average molecular weight is 547 g/mol. The molecule has 0 aliphatic carbocycles. The number of anilines is 1. The molecule has 14 heteroatoms. The summed E-state index contributed by atoms with van der Waals surface area (Å²) in [5.74, 6) is -1.67. The Bertz CT molecular complexity index is 1370. The molecule has 3 N–H and O–H groups in total. The van der Waals surface area contributed by atoms with Crippen LogP contribution in [0.15, 0.2) is 47.7 Å². The maximum absolute atomic E-state index is 13.1. The first-order valence-corrected chi connectivity index (χ1v) is 11.1. The molecule has 0 atom stereocenters. The van der Waals surface area contributed by atoms with E-state index in [4.69, 9.17) is 33.2 Å². The van der Waals surface area contributed by atoms with Crippen LogP contribution >= 0.6 is 23.2 Å². The fraction of sp³-hybridized carbons (Fsp3) is 0.130. The molecule has 2 aromatic carbocycles. The van der Waals surface area contributed by atoms with E-state index in [0.717, 1.165) is 6.20 Å². The van der Waals surface area contributed by atoms with Gasteiger partial charge in [0.1, 0.15) is 11.9 Å². The van der Waals surface area contributed by atoms with Gasteiger partial charge >= 0.3 is 12.1 Å². The first-order valence-electron chi connectivity index (χ1n) is 10.4. The molecule has 1 aromatic heterocycles. The number of benzene rings is 2. The lowest BCUT2D eigenvalue weighted by Gasteiger charge is -2.11. The molecular formula is C23H17Cl2FN6O5. The number of ether oxygens (including phenoxy) is 2. The predicted octanol–water partition coefficient (Wildman–Crippen LogP) is 4.58. The molecule has 0 spiro atoms. The van der Waals surface area contributed by atoms with E-state index in [1.807, 2.05) is 5.32 Å². The fourth-order valence-corrected chi connectivity index (χ4v) is 3.31. The Morgan fingerprint density at radius 1 is 1.22 bits per heavy atom. The van der Waals surface area contributed by atoms with E-state index < -0.39 is 23.5 Å². The smallest absolute Gasteiger partial charge is 0.414 e. The SMILES string of the molecule is CCOC(=O)NC(=O)/C(C#N)=N/Nc1cc(Cl)c(Oc2ncc(O)c(Cc3ccc(F)cc3)n2)c(Cl)c1. The van der Waals surface area contributed by atoms with Crippen molar-refractivity contribution in [3.63, 3.8) is 0 Å². The minimum atomic E-state index is -1.08. The Hall–Kier alpha value is -4.47. The third-order valence-electron chi connectivity index (χ3n) is 4.41. The monoisotopic (exact) mass is 546 g/mol.